The van der Waals surface area contributed by atoms with Gasteiger partial charge in [-0.1, -0.05) is 6.92 Å². The minimum absolute atomic E-state index is 0.0360. The van der Waals surface area contributed by atoms with Gasteiger partial charge in [0.2, 0.25) is 5.91 Å². The van der Waals surface area contributed by atoms with E-state index in [1.54, 1.807) is 11.8 Å². The largest absolute Gasteiger partial charge is 0.338 e. The van der Waals surface area contributed by atoms with Crippen molar-refractivity contribution in [2.75, 3.05) is 16.8 Å². The molecule has 0 spiro atoms. The lowest BCUT2D eigenvalue weighted by Gasteiger charge is -2.15. The summed E-state index contributed by atoms with van der Waals surface area (Å²) >= 11 is 0. The van der Waals surface area contributed by atoms with Crippen molar-refractivity contribution in [2.45, 2.75) is 26.7 Å². The second kappa shape index (κ2) is 5.71. The van der Waals surface area contributed by atoms with E-state index in [1.165, 1.54) is 6.33 Å². The van der Waals surface area contributed by atoms with E-state index in [9.17, 15) is 9.18 Å². The Morgan fingerprint density at radius 2 is 2.23 bits per heavy atom. The van der Waals surface area contributed by atoms with Crippen LogP contribution < -0.4 is 10.2 Å². The average Bonchev–Trinajstić information content (AvgIpc) is 2.92. The molecule has 0 atom stereocenters. The molecule has 3 rings (SSSR count). The fourth-order valence-corrected chi connectivity index (χ4v) is 2.68. The van der Waals surface area contributed by atoms with Gasteiger partial charge in [-0.15, -0.1) is 0 Å². The molecule has 0 unspecified atom stereocenters. The van der Waals surface area contributed by atoms with Crippen molar-refractivity contribution in [3.05, 3.63) is 41.6 Å². The molecule has 1 amide bonds. The van der Waals surface area contributed by atoms with Crippen LogP contribution in [0.1, 0.15) is 25.1 Å². The Balaban J connectivity index is 1.88. The number of halogens is 1. The molecule has 1 aliphatic rings. The number of amides is 1. The third kappa shape index (κ3) is 2.52. The molecule has 114 valence electrons. The number of rotatable bonds is 3. The molecule has 1 aromatic carbocycles. The highest BCUT2D eigenvalue weighted by molar-refractivity contribution is 5.94. The molecule has 2 aromatic rings. The summed E-state index contributed by atoms with van der Waals surface area (Å²) in [5.74, 6) is -0.210. The molecule has 2 heterocycles. The summed E-state index contributed by atoms with van der Waals surface area (Å²) in [6.07, 6.45) is 2.67. The second-order valence-electron chi connectivity index (χ2n) is 5.23. The fraction of sp³-hybridized carbons (Fsp3) is 0.312. The maximum Gasteiger partial charge on any atom is 0.223 e. The molecule has 5 nitrogen and oxygen atoms in total. The maximum atomic E-state index is 14.2. The number of benzene rings is 1. The Kier molecular flexibility index (Phi) is 3.75. The van der Waals surface area contributed by atoms with Crippen LogP contribution in [0.3, 0.4) is 0 Å². The molecule has 0 radical (unpaired) electrons. The number of hydrogen-bond donors (Lipinski definition) is 1. The standard InChI is InChI=1S/C16H17FN4O/c1-3-13-15(17)16(19-9-18-13)20-12-4-5-14-11(8-12)6-7-21(14)10(2)22/h4-5,8-9H,3,6-7H2,1-2H3,(H,18,19,20). The lowest BCUT2D eigenvalue weighted by molar-refractivity contribution is -0.116. The third-order valence-electron chi connectivity index (χ3n) is 3.81. The first kappa shape index (κ1) is 14.4. The minimum atomic E-state index is -0.420. The van der Waals surface area contributed by atoms with E-state index < -0.39 is 5.82 Å². The van der Waals surface area contributed by atoms with Crippen LogP contribution in [0.2, 0.25) is 0 Å². The summed E-state index contributed by atoms with van der Waals surface area (Å²) in [6, 6.07) is 5.64. The van der Waals surface area contributed by atoms with Crippen molar-refractivity contribution >= 4 is 23.1 Å². The second-order valence-corrected chi connectivity index (χ2v) is 5.23. The third-order valence-corrected chi connectivity index (χ3v) is 3.81. The number of carbonyl (C=O) groups excluding carboxylic acids is 1. The predicted molar refractivity (Wildman–Crippen MR) is 82.8 cm³/mol. The highest BCUT2D eigenvalue weighted by Gasteiger charge is 2.22. The van der Waals surface area contributed by atoms with Gasteiger partial charge in [0, 0.05) is 24.8 Å². The Morgan fingerprint density at radius 1 is 1.41 bits per heavy atom. The molecule has 1 N–H and O–H groups in total. The van der Waals surface area contributed by atoms with Crippen LogP contribution in [-0.4, -0.2) is 22.4 Å². The van der Waals surface area contributed by atoms with Gasteiger partial charge in [0.15, 0.2) is 11.6 Å². The molecule has 1 aliphatic heterocycles. The van der Waals surface area contributed by atoms with Crippen molar-refractivity contribution < 1.29 is 9.18 Å². The van der Waals surface area contributed by atoms with Gasteiger partial charge >= 0.3 is 0 Å². The number of aromatic nitrogens is 2. The highest BCUT2D eigenvalue weighted by Crippen LogP contribution is 2.31. The molecule has 22 heavy (non-hydrogen) atoms. The topological polar surface area (TPSA) is 58.1 Å². The zero-order chi connectivity index (χ0) is 15.7. The number of hydrogen-bond acceptors (Lipinski definition) is 4. The van der Waals surface area contributed by atoms with E-state index in [-0.39, 0.29) is 11.7 Å². The summed E-state index contributed by atoms with van der Waals surface area (Å²) < 4.78 is 14.2. The van der Waals surface area contributed by atoms with Crippen LogP contribution in [0.25, 0.3) is 0 Å². The Bertz CT molecular complexity index is 732. The zero-order valence-electron chi connectivity index (χ0n) is 12.6. The zero-order valence-corrected chi connectivity index (χ0v) is 12.6. The molecular formula is C16H17FN4O. The van der Waals surface area contributed by atoms with Crippen molar-refractivity contribution in [3.8, 4) is 0 Å². The molecule has 0 saturated heterocycles. The van der Waals surface area contributed by atoms with Gasteiger partial charge in [-0.3, -0.25) is 4.79 Å². The summed E-state index contributed by atoms with van der Waals surface area (Å²) in [7, 11) is 0. The van der Waals surface area contributed by atoms with Gasteiger partial charge in [-0.2, -0.15) is 0 Å². The predicted octanol–water partition coefficient (Wildman–Crippen LogP) is 2.83. The SMILES string of the molecule is CCc1ncnc(Nc2ccc3c(c2)CCN3C(C)=O)c1F. The number of aryl methyl sites for hydroxylation is 1. The van der Waals surface area contributed by atoms with E-state index in [4.69, 9.17) is 0 Å². The molecule has 0 aliphatic carbocycles. The van der Waals surface area contributed by atoms with Crippen LogP contribution >= 0.6 is 0 Å². The van der Waals surface area contributed by atoms with Gasteiger partial charge in [0.1, 0.15) is 6.33 Å². The number of nitrogens with zero attached hydrogens (tertiary/aromatic N) is 3. The van der Waals surface area contributed by atoms with Crippen LogP contribution in [0, 0.1) is 5.82 Å². The number of anilines is 3. The number of carbonyl (C=O) groups is 1. The van der Waals surface area contributed by atoms with E-state index in [0.717, 1.165) is 23.4 Å². The van der Waals surface area contributed by atoms with E-state index in [1.807, 2.05) is 25.1 Å². The molecule has 6 heteroatoms. The van der Waals surface area contributed by atoms with E-state index >= 15 is 0 Å². The van der Waals surface area contributed by atoms with Crippen molar-refractivity contribution in [1.82, 2.24) is 9.97 Å². The van der Waals surface area contributed by atoms with Crippen LogP contribution in [0.15, 0.2) is 24.5 Å². The van der Waals surface area contributed by atoms with E-state index in [0.29, 0.717) is 18.7 Å². The lowest BCUT2D eigenvalue weighted by atomic mass is 10.1. The smallest absolute Gasteiger partial charge is 0.223 e. The first-order valence-electron chi connectivity index (χ1n) is 7.27. The first-order chi connectivity index (χ1) is 10.6. The van der Waals surface area contributed by atoms with Crippen molar-refractivity contribution in [2.24, 2.45) is 0 Å². The lowest BCUT2D eigenvalue weighted by Crippen LogP contribution is -2.25. The first-order valence-corrected chi connectivity index (χ1v) is 7.27. The summed E-state index contributed by atoms with van der Waals surface area (Å²) in [4.78, 5) is 21.2. The van der Waals surface area contributed by atoms with Crippen molar-refractivity contribution in [1.29, 1.82) is 0 Å². The van der Waals surface area contributed by atoms with Crippen LogP contribution in [-0.2, 0) is 17.6 Å². The van der Waals surface area contributed by atoms with Crippen LogP contribution in [0.5, 0.6) is 0 Å². The number of nitrogens with one attached hydrogen (secondary N) is 1. The highest BCUT2D eigenvalue weighted by atomic mass is 19.1. The van der Waals surface area contributed by atoms with Gasteiger partial charge in [-0.05, 0) is 36.6 Å². The number of fused-ring (bicyclic) bond motifs is 1. The molecule has 0 saturated carbocycles. The van der Waals surface area contributed by atoms with Crippen molar-refractivity contribution in [3.63, 3.8) is 0 Å². The average molecular weight is 300 g/mol. The van der Waals surface area contributed by atoms with Gasteiger partial charge < -0.3 is 10.2 Å². The fourth-order valence-electron chi connectivity index (χ4n) is 2.68. The molecule has 0 bridgehead atoms. The minimum Gasteiger partial charge on any atom is -0.338 e. The van der Waals surface area contributed by atoms with Gasteiger partial charge in [0.25, 0.3) is 0 Å². The Hall–Kier alpha value is -2.50. The van der Waals surface area contributed by atoms with Gasteiger partial charge in [-0.25, -0.2) is 14.4 Å². The monoisotopic (exact) mass is 300 g/mol. The Labute approximate surface area is 128 Å². The summed E-state index contributed by atoms with van der Waals surface area (Å²) in [5, 5.41) is 2.99. The van der Waals surface area contributed by atoms with E-state index in [2.05, 4.69) is 15.3 Å². The normalized spacial score (nSPS) is 13.1. The molecule has 1 aromatic heterocycles. The van der Waals surface area contributed by atoms with Gasteiger partial charge in [0.05, 0.1) is 5.69 Å². The van der Waals surface area contributed by atoms with Crippen LogP contribution in [0.4, 0.5) is 21.6 Å². The molecular weight excluding hydrogens is 283 g/mol. The molecule has 0 fully saturated rings. The Morgan fingerprint density at radius 3 is 2.95 bits per heavy atom. The summed E-state index contributed by atoms with van der Waals surface area (Å²) in [5.41, 5.74) is 3.14. The quantitative estimate of drug-likeness (QED) is 0.947. The maximum absolute atomic E-state index is 14.2. The summed E-state index contributed by atoms with van der Waals surface area (Å²) in [6.45, 7) is 4.10.